The summed E-state index contributed by atoms with van der Waals surface area (Å²) in [6, 6.07) is 7.85. The van der Waals surface area contributed by atoms with E-state index in [0.717, 1.165) is 49.8 Å². The molecule has 4 unspecified atom stereocenters. The van der Waals surface area contributed by atoms with Crippen molar-refractivity contribution in [3.8, 4) is 0 Å². The van der Waals surface area contributed by atoms with Gasteiger partial charge in [-0.1, -0.05) is 51.0 Å². The van der Waals surface area contributed by atoms with Gasteiger partial charge in [-0.2, -0.15) is 0 Å². The number of para-hydroxylation sites is 1. The number of aromatic nitrogens is 3. The normalized spacial score (nSPS) is 27.2. The summed E-state index contributed by atoms with van der Waals surface area (Å²) in [6.07, 6.45) is 6.20. The van der Waals surface area contributed by atoms with Gasteiger partial charge >= 0.3 is 5.97 Å². The molecule has 1 aromatic heterocycles. The Labute approximate surface area is 173 Å². The smallest absolute Gasteiger partial charge is 0.346 e. The molecule has 2 fully saturated rings. The number of hydrogen-bond donors (Lipinski definition) is 0. The molecule has 4 rings (SSSR count). The predicted molar refractivity (Wildman–Crippen MR) is 113 cm³/mol. The fourth-order valence-electron chi connectivity index (χ4n) is 5.09. The lowest BCUT2D eigenvalue weighted by Crippen LogP contribution is -2.45. The third kappa shape index (κ3) is 4.32. The van der Waals surface area contributed by atoms with Crippen molar-refractivity contribution in [2.45, 2.75) is 71.6 Å². The van der Waals surface area contributed by atoms with Crippen LogP contribution in [0.2, 0.25) is 0 Å². The molecule has 1 saturated carbocycles. The zero-order valence-corrected chi connectivity index (χ0v) is 18.0. The number of nitrogens with zero attached hydrogens (tertiary/aromatic N) is 4. The lowest BCUT2D eigenvalue weighted by molar-refractivity contribution is -0.167. The van der Waals surface area contributed by atoms with Crippen LogP contribution in [-0.4, -0.2) is 45.1 Å². The van der Waals surface area contributed by atoms with Crippen LogP contribution in [0.3, 0.4) is 0 Å². The minimum atomic E-state index is -0.534. The van der Waals surface area contributed by atoms with Gasteiger partial charge in [-0.05, 0) is 55.6 Å². The molecule has 1 aliphatic heterocycles. The highest BCUT2D eigenvalue weighted by molar-refractivity contribution is 5.79. The molecule has 1 aromatic carbocycles. The van der Waals surface area contributed by atoms with E-state index in [4.69, 9.17) is 4.74 Å². The Bertz CT molecular complexity index is 827. The number of ether oxygens (including phenoxy) is 1. The highest BCUT2D eigenvalue weighted by Crippen LogP contribution is 2.36. The first-order valence-corrected chi connectivity index (χ1v) is 11.3. The average Bonchev–Trinajstić information content (AvgIpc) is 3.13. The van der Waals surface area contributed by atoms with E-state index in [1.165, 1.54) is 12.8 Å². The first kappa shape index (κ1) is 20.3. The van der Waals surface area contributed by atoms with Crippen molar-refractivity contribution in [2.75, 3.05) is 13.1 Å². The van der Waals surface area contributed by atoms with Gasteiger partial charge in [0.05, 0.1) is 5.52 Å². The molecule has 1 saturated heterocycles. The molecule has 2 aromatic rings. The van der Waals surface area contributed by atoms with Crippen LogP contribution >= 0.6 is 0 Å². The van der Waals surface area contributed by atoms with E-state index in [2.05, 4.69) is 36.0 Å². The molecule has 2 heterocycles. The van der Waals surface area contributed by atoms with Crippen molar-refractivity contribution >= 4 is 17.0 Å². The van der Waals surface area contributed by atoms with E-state index in [0.29, 0.717) is 17.8 Å². The molecule has 0 amide bonds. The number of carbonyl (C=O) groups excluding carboxylic acids is 1. The lowest BCUT2D eigenvalue weighted by Gasteiger charge is -2.39. The zero-order chi connectivity index (χ0) is 20.4. The Morgan fingerprint density at radius 3 is 2.66 bits per heavy atom. The number of likely N-dealkylation sites (tertiary alicyclic amines) is 1. The maximum absolute atomic E-state index is 13.6. The van der Waals surface area contributed by atoms with Gasteiger partial charge in [0.15, 0.2) is 0 Å². The summed E-state index contributed by atoms with van der Waals surface area (Å²) in [7, 11) is 0. The van der Waals surface area contributed by atoms with Crippen LogP contribution in [-0.2, 0) is 9.53 Å². The second kappa shape index (κ2) is 8.82. The van der Waals surface area contributed by atoms with Crippen molar-refractivity contribution in [1.29, 1.82) is 0 Å². The maximum atomic E-state index is 13.6. The van der Waals surface area contributed by atoms with Crippen LogP contribution in [0, 0.1) is 17.8 Å². The molecular formula is C23H34N4O2. The maximum Gasteiger partial charge on any atom is 0.346 e. The Balaban J connectivity index is 1.62. The van der Waals surface area contributed by atoms with Crippen LogP contribution in [0.5, 0.6) is 0 Å². The Hall–Kier alpha value is -1.95. The number of rotatable bonds is 5. The number of carbonyl (C=O) groups is 1. The third-order valence-corrected chi connectivity index (χ3v) is 6.79. The van der Waals surface area contributed by atoms with Gasteiger partial charge in [-0.3, -0.25) is 4.90 Å². The summed E-state index contributed by atoms with van der Waals surface area (Å²) in [6.45, 7) is 8.54. The largest absolute Gasteiger partial charge is 0.459 e. The molecule has 0 spiro atoms. The summed E-state index contributed by atoms with van der Waals surface area (Å²) in [5.74, 6) is 1.38. The van der Waals surface area contributed by atoms with Gasteiger partial charge in [0.2, 0.25) is 6.17 Å². The Morgan fingerprint density at radius 1 is 1.14 bits per heavy atom. The lowest BCUT2D eigenvalue weighted by atomic mass is 9.75. The Morgan fingerprint density at radius 2 is 1.90 bits per heavy atom. The van der Waals surface area contributed by atoms with Crippen molar-refractivity contribution in [2.24, 2.45) is 17.8 Å². The van der Waals surface area contributed by atoms with Crippen LogP contribution in [0.4, 0.5) is 0 Å². The molecular weight excluding hydrogens is 364 g/mol. The summed E-state index contributed by atoms with van der Waals surface area (Å²) >= 11 is 0. The van der Waals surface area contributed by atoms with Crippen LogP contribution < -0.4 is 0 Å². The number of benzene rings is 1. The van der Waals surface area contributed by atoms with Crippen molar-refractivity contribution in [1.82, 2.24) is 19.9 Å². The number of piperidine rings is 1. The van der Waals surface area contributed by atoms with Gasteiger partial charge in [0.25, 0.3) is 0 Å². The SMILES string of the molecule is CC1CCC(C(C)C)C(OC(=O)C(N2CCCCC2)n2nnc3ccccc32)C1. The molecule has 29 heavy (non-hydrogen) atoms. The molecule has 0 radical (unpaired) electrons. The second-order valence-electron chi connectivity index (χ2n) is 9.29. The van der Waals surface area contributed by atoms with Crippen LogP contribution in [0.25, 0.3) is 11.0 Å². The number of fused-ring (bicyclic) bond motifs is 1. The summed E-state index contributed by atoms with van der Waals surface area (Å²) in [4.78, 5) is 15.8. The average molecular weight is 399 g/mol. The fraction of sp³-hybridized carbons (Fsp3) is 0.696. The van der Waals surface area contributed by atoms with Crippen LogP contribution in [0.15, 0.2) is 24.3 Å². The topological polar surface area (TPSA) is 60.2 Å². The molecule has 6 heteroatoms. The van der Waals surface area contributed by atoms with Gasteiger partial charge in [0, 0.05) is 13.1 Å². The van der Waals surface area contributed by atoms with E-state index >= 15 is 0 Å². The molecule has 0 N–H and O–H groups in total. The van der Waals surface area contributed by atoms with E-state index in [1.54, 1.807) is 4.68 Å². The first-order valence-electron chi connectivity index (χ1n) is 11.3. The minimum Gasteiger partial charge on any atom is -0.459 e. The Kier molecular flexibility index (Phi) is 6.18. The molecule has 0 bridgehead atoms. The van der Waals surface area contributed by atoms with E-state index in [9.17, 15) is 4.79 Å². The van der Waals surface area contributed by atoms with Gasteiger partial charge in [-0.15, -0.1) is 5.10 Å². The minimum absolute atomic E-state index is 0.00618. The van der Waals surface area contributed by atoms with E-state index in [-0.39, 0.29) is 12.1 Å². The first-order chi connectivity index (χ1) is 14.0. The third-order valence-electron chi connectivity index (χ3n) is 6.79. The summed E-state index contributed by atoms with van der Waals surface area (Å²) < 4.78 is 8.03. The molecule has 4 atom stereocenters. The van der Waals surface area contributed by atoms with Gasteiger partial charge in [-0.25, -0.2) is 9.48 Å². The van der Waals surface area contributed by atoms with E-state index in [1.807, 2.05) is 24.3 Å². The predicted octanol–water partition coefficient (Wildman–Crippen LogP) is 4.42. The number of esters is 1. The molecule has 6 nitrogen and oxygen atoms in total. The second-order valence-corrected chi connectivity index (χ2v) is 9.29. The summed E-state index contributed by atoms with van der Waals surface area (Å²) in [5.41, 5.74) is 1.70. The molecule has 158 valence electrons. The molecule has 1 aliphatic carbocycles. The van der Waals surface area contributed by atoms with Crippen molar-refractivity contribution < 1.29 is 9.53 Å². The standard InChI is InChI=1S/C23H34N4O2/c1-16(2)18-12-11-17(3)15-21(18)29-23(28)22(26-13-7-4-8-14-26)27-20-10-6-5-9-19(20)24-25-27/h5-6,9-10,16-18,21-22H,4,7-8,11-15H2,1-3H3. The molecule has 2 aliphatic rings. The van der Waals surface area contributed by atoms with Gasteiger partial charge in [0.1, 0.15) is 11.6 Å². The van der Waals surface area contributed by atoms with Crippen LogP contribution in [0.1, 0.15) is 65.5 Å². The van der Waals surface area contributed by atoms with Gasteiger partial charge < -0.3 is 4.74 Å². The van der Waals surface area contributed by atoms with Crippen molar-refractivity contribution in [3.05, 3.63) is 24.3 Å². The quantitative estimate of drug-likeness (QED) is 0.698. The highest BCUT2D eigenvalue weighted by atomic mass is 16.5. The summed E-state index contributed by atoms with van der Waals surface area (Å²) in [5, 5.41) is 8.68. The number of hydrogen-bond acceptors (Lipinski definition) is 5. The van der Waals surface area contributed by atoms with E-state index < -0.39 is 6.17 Å². The van der Waals surface area contributed by atoms with Crippen molar-refractivity contribution in [3.63, 3.8) is 0 Å². The zero-order valence-electron chi connectivity index (χ0n) is 18.0. The fourth-order valence-corrected chi connectivity index (χ4v) is 5.09. The highest BCUT2D eigenvalue weighted by Gasteiger charge is 2.38. The monoisotopic (exact) mass is 398 g/mol.